The third-order valence-electron chi connectivity index (χ3n) is 3.51. The third-order valence-corrected chi connectivity index (χ3v) is 3.51. The molecule has 8 heteroatoms. The summed E-state index contributed by atoms with van der Waals surface area (Å²) in [5.41, 5.74) is -2.69. The van der Waals surface area contributed by atoms with Crippen molar-refractivity contribution in [2.24, 2.45) is 5.92 Å². The van der Waals surface area contributed by atoms with Crippen molar-refractivity contribution in [3.63, 3.8) is 0 Å². The van der Waals surface area contributed by atoms with E-state index < -0.39 is 47.2 Å². The van der Waals surface area contributed by atoms with Crippen LogP contribution in [0.2, 0.25) is 0 Å². The molecule has 0 bridgehead atoms. The minimum Gasteiger partial charge on any atom is -0.480 e. The fourth-order valence-electron chi connectivity index (χ4n) is 2.19. The van der Waals surface area contributed by atoms with E-state index in [0.717, 1.165) is 10.8 Å². The number of carbonyl (C=O) groups is 2. The van der Waals surface area contributed by atoms with E-state index in [4.69, 9.17) is 0 Å². The number of carboxylic acids is 1. The number of halogens is 3. The molecule has 0 aliphatic carbocycles. The Morgan fingerprint density at radius 3 is 2.45 bits per heavy atom. The van der Waals surface area contributed by atoms with Crippen LogP contribution in [-0.2, 0) is 22.2 Å². The molecule has 5 nitrogen and oxygen atoms in total. The van der Waals surface area contributed by atoms with Crippen LogP contribution in [0.15, 0.2) is 17.1 Å². The largest absolute Gasteiger partial charge is 0.480 e. The molecule has 122 valence electrons. The van der Waals surface area contributed by atoms with Crippen molar-refractivity contribution in [3.05, 3.63) is 33.7 Å². The van der Waals surface area contributed by atoms with Crippen molar-refractivity contribution in [2.75, 3.05) is 0 Å². The highest BCUT2D eigenvalue weighted by molar-refractivity contribution is 5.72. The van der Waals surface area contributed by atoms with Gasteiger partial charge in [-0.2, -0.15) is 13.2 Å². The number of rotatable bonds is 6. The van der Waals surface area contributed by atoms with Gasteiger partial charge in [-0.1, -0.05) is 20.3 Å². The summed E-state index contributed by atoms with van der Waals surface area (Å²) in [6.45, 7) is 3.30. The Labute approximate surface area is 124 Å². The van der Waals surface area contributed by atoms with Crippen LogP contribution >= 0.6 is 0 Å². The highest BCUT2D eigenvalue weighted by Gasteiger charge is 2.35. The van der Waals surface area contributed by atoms with Crippen molar-refractivity contribution >= 4 is 12.3 Å². The van der Waals surface area contributed by atoms with Crippen molar-refractivity contribution in [1.29, 1.82) is 0 Å². The molecule has 1 rings (SSSR count). The molecule has 0 amide bonds. The monoisotopic (exact) mass is 319 g/mol. The zero-order valence-electron chi connectivity index (χ0n) is 12.1. The number of hydrogen-bond acceptors (Lipinski definition) is 3. The predicted molar refractivity (Wildman–Crippen MR) is 71.6 cm³/mol. The van der Waals surface area contributed by atoms with Gasteiger partial charge in [0.15, 0.2) is 0 Å². The molecule has 0 saturated heterocycles. The van der Waals surface area contributed by atoms with Crippen LogP contribution in [0.1, 0.15) is 37.4 Å². The summed E-state index contributed by atoms with van der Waals surface area (Å²) in [5.74, 6) is -1.77. The lowest BCUT2D eigenvalue weighted by atomic mass is 9.98. The van der Waals surface area contributed by atoms with Gasteiger partial charge in [0.25, 0.3) is 5.56 Å². The second kappa shape index (κ2) is 6.76. The lowest BCUT2D eigenvalue weighted by Gasteiger charge is -2.23. The smallest absolute Gasteiger partial charge is 0.416 e. The summed E-state index contributed by atoms with van der Waals surface area (Å²) >= 11 is 0. The maximum absolute atomic E-state index is 12.9. The first kappa shape index (κ1) is 17.9. The summed E-state index contributed by atoms with van der Waals surface area (Å²) in [6.07, 6.45) is -3.82. The number of carbonyl (C=O) groups excluding carboxylic acids is 1. The van der Waals surface area contributed by atoms with Gasteiger partial charge >= 0.3 is 12.1 Å². The van der Waals surface area contributed by atoms with Crippen LogP contribution in [0, 0.1) is 5.92 Å². The van der Waals surface area contributed by atoms with Crippen LogP contribution in [-0.4, -0.2) is 21.9 Å². The van der Waals surface area contributed by atoms with Crippen LogP contribution in [0.3, 0.4) is 0 Å². The van der Waals surface area contributed by atoms with E-state index in [1.54, 1.807) is 13.8 Å². The van der Waals surface area contributed by atoms with Crippen molar-refractivity contribution < 1.29 is 27.9 Å². The van der Waals surface area contributed by atoms with Gasteiger partial charge in [0.2, 0.25) is 0 Å². The fourth-order valence-corrected chi connectivity index (χ4v) is 2.19. The number of pyridine rings is 1. The number of hydrogen-bond donors (Lipinski definition) is 1. The second-order valence-electron chi connectivity index (χ2n) is 5.00. The fraction of sp³-hybridized carbons (Fsp3) is 0.500. The number of aliphatic carboxylic acids is 1. The third kappa shape index (κ3) is 3.75. The van der Waals surface area contributed by atoms with E-state index in [1.165, 1.54) is 0 Å². The molecule has 2 unspecified atom stereocenters. The van der Waals surface area contributed by atoms with E-state index >= 15 is 0 Å². The molecule has 1 aromatic rings. The molecule has 0 radical (unpaired) electrons. The first-order valence-corrected chi connectivity index (χ1v) is 6.62. The van der Waals surface area contributed by atoms with Gasteiger partial charge in [-0.15, -0.1) is 0 Å². The molecule has 1 aromatic heterocycles. The van der Waals surface area contributed by atoms with Crippen LogP contribution in [0.4, 0.5) is 13.2 Å². The normalized spacial score (nSPS) is 14.4. The van der Waals surface area contributed by atoms with Gasteiger partial charge < -0.3 is 14.5 Å². The van der Waals surface area contributed by atoms with E-state index in [1.807, 2.05) is 0 Å². The van der Waals surface area contributed by atoms with Crippen molar-refractivity contribution in [1.82, 2.24) is 4.57 Å². The van der Waals surface area contributed by atoms with Crippen LogP contribution < -0.4 is 5.56 Å². The van der Waals surface area contributed by atoms with Crippen molar-refractivity contribution in [2.45, 2.75) is 38.9 Å². The lowest BCUT2D eigenvalue weighted by Crippen LogP contribution is -2.34. The predicted octanol–water partition coefficient (Wildman–Crippen LogP) is 2.28. The molecule has 0 aliphatic heterocycles. The SMILES string of the molecule is CCC(C)C(C(=O)O)n1cc(CC=O)c(C(F)(F)F)cc1=O. The number of alkyl halides is 3. The van der Waals surface area contributed by atoms with Gasteiger partial charge in [0, 0.05) is 18.7 Å². The Morgan fingerprint density at radius 2 is 2.05 bits per heavy atom. The second-order valence-corrected chi connectivity index (χ2v) is 5.00. The van der Waals surface area contributed by atoms with Gasteiger partial charge in [-0.05, 0) is 11.5 Å². The van der Waals surface area contributed by atoms with Gasteiger partial charge in [-0.25, -0.2) is 4.79 Å². The molecule has 0 aliphatic rings. The molecule has 0 aromatic carbocycles. The molecule has 0 spiro atoms. The highest BCUT2D eigenvalue weighted by Crippen LogP contribution is 2.32. The average molecular weight is 319 g/mol. The van der Waals surface area contributed by atoms with Gasteiger partial charge in [-0.3, -0.25) is 4.79 Å². The standard InChI is InChI=1S/C14H16F3NO4/c1-3-8(2)12(13(21)22)18-7-9(4-5-19)10(6-11(18)20)14(15,16)17/h5-8,12H,3-4H2,1-2H3,(H,21,22). The molecular weight excluding hydrogens is 303 g/mol. The summed E-state index contributed by atoms with van der Waals surface area (Å²) in [4.78, 5) is 33.8. The zero-order valence-corrected chi connectivity index (χ0v) is 12.1. The van der Waals surface area contributed by atoms with Gasteiger partial charge in [0.05, 0.1) is 5.56 Å². The van der Waals surface area contributed by atoms with E-state index in [-0.39, 0.29) is 6.29 Å². The quantitative estimate of drug-likeness (QED) is 0.816. The molecular formula is C14H16F3NO4. The molecule has 0 fully saturated rings. The topological polar surface area (TPSA) is 76.4 Å². The van der Waals surface area contributed by atoms with E-state index in [0.29, 0.717) is 12.5 Å². The van der Waals surface area contributed by atoms with Crippen LogP contribution in [0.5, 0.6) is 0 Å². The molecule has 1 heterocycles. The lowest BCUT2D eigenvalue weighted by molar-refractivity contribution is -0.142. The van der Waals surface area contributed by atoms with E-state index in [9.17, 15) is 32.7 Å². The Morgan fingerprint density at radius 1 is 1.45 bits per heavy atom. The number of aldehydes is 1. The minimum atomic E-state index is -4.79. The Bertz CT molecular complexity index is 621. The van der Waals surface area contributed by atoms with Crippen molar-refractivity contribution in [3.8, 4) is 0 Å². The number of carboxylic acid groups (broad SMARTS) is 1. The van der Waals surface area contributed by atoms with E-state index in [2.05, 4.69) is 0 Å². The Balaban J connectivity index is 3.56. The number of nitrogens with zero attached hydrogens (tertiary/aromatic N) is 1. The summed E-state index contributed by atoms with van der Waals surface area (Å²) < 4.78 is 39.4. The highest BCUT2D eigenvalue weighted by atomic mass is 19.4. The molecule has 22 heavy (non-hydrogen) atoms. The summed E-state index contributed by atoms with van der Waals surface area (Å²) in [6, 6.07) is -0.942. The molecule has 1 N–H and O–H groups in total. The minimum absolute atomic E-state index is 0.276. The summed E-state index contributed by atoms with van der Waals surface area (Å²) in [5, 5.41) is 9.25. The van der Waals surface area contributed by atoms with Crippen LogP contribution in [0.25, 0.3) is 0 Å². The maximum Gasteiger partial charge on any atom is 0.416 e. The number of aromatic nitrogens is 1. The summed E-state index contributed by atoms with van der Waals surface area (Å²) in [7, 11) is 0. The zero-order chi connectivity index (χ0) is 17.1. The first-order valence-electron chi connectivity index (χ1n) is 6.62. The van der Waals surface area contributed by atoms with Gasteiger partial charge in [0.1, 0.15) is 12.3 Å². The first-order chi connectivity index (χ1) is 10.1. The average Bonchev–Trinajstić information content (AvgIpc) is 2.40. The molecule has 0 saturated carbocycles. The maximum atomic E-state index is 12.9. The Kier molecular flexibility index (Phi) is 5.51. The Hall–Kier alpha value is -2.12. The molecule has 2 atom stereocenters.